The molecule has 0 spiro atoms. The molecule has 126 valence electrons. The number of nitrogens with one attached hydrogen (secondary N) is 4. The Labute approximate surface area is 144 Å². The Hall–Kier alpha value is -3.41. The van der Waals surface area contributed by atoms with Gasteiger partial charge in [-0.05, 0) is 24.3 Å². The number of aromatic nitrogens is 3. The monoisotopic (exact) mass is 335 g/mol. The average Bonchev–Trinajstić information content (AvgIpc) is 3.40. The van der Waals surface area contributed by atoms with Gasteiger partial charge in [-0.3, -0.25) is 0 Å². The first-order valence-electron chi connectivity index (χ1n) is 7.94. The second kappa shape index (κ2) is 6.24. The fourth-order valence-corrected chi connectivity index (χ4v) is 2.89. The summed E-state index contributed by atoms with van der Waals surface area (Å²) in [6.45, 7) is 0. The van der Waals surface area contributed by atoms with Crippen LogP contribution in [0.5, 0.6) is 5.75 Å². The highest BCUT2D eigenvalue weighted by Crippen LogP contribution is 2.28. The van der Waals surface area contributed by atoms with Crippen LogP contribution >= 0.6 is 0 Å². The summed E-state index contributed by atoms with van der Waals surface area (Å²) in [7, 11) is 3.32. The molecule has 3 aromatic rings. The van der Waals surface area contributed by atoms with Crippen LogP contribution in [0.4, 0.5) is 0 Å². The maximum absolute atomic E-state index is 5.51. The number of aromatic amines is 3. The molecule has 0 saturated carbocycles. The Kier molecular flexibility index (Phi) is 3.78. The van der Waals surface area contributed by atoms with Gasteiger partial charge in [0.25, 0.3) is 0 Å². The van der Waals surface area contributed by atoms with Gasteiger partial charge >= 0.3 is 0 Å². The van der Waals surface area contributed by atoms with Crippen molar-refractivity contribution >= 4 is 11.8 Å². The first kappa shape index (κ1) is 15.1. The van der Waals surface area contributed by atoms with Crippen LogP contribution in [0.3, 0.4) is 0 Å². The minimum atomic E-state index is 0.766. The van der Waals surface area contributed by atoms with Crippen LogP contribution in [0, 0.1) is 0 Å². The van der Waals surface area contributed by atoms with Gasteiger partial charge in [0.05, 0.1) is 37.4 Å². The van der Waals surface area contributed by atoms with E-state index in [0.29, 0.717) is 0 Å². The van der Waals surface area contributed by atoms with Crippen molar-refractivity contribution in [2.75, 3.05) is 14.2 Å². The third-order valence-corrected chi connectivity index (χ3v) is 4.13. The molecule has 4 rings (SSSR count). The largest absolute Gasteiger partial charge is 0.494 e. The highest BCUT2D eigenvalue weighted by atomic mass is 16.5. The summed E-state index contributed by atoms with van der Waals surface area (Å²) in [6.07, 6.45) is 7.74. The van der Waals surface area contributed by atoms with Gasteiger partial charge in [-0.1, -0.05) is 0 Å². The van der Waals surface area contributed by atoms with Crippen molar-refractivity contribution in [3.63, 3.8) is 0 Å². The topological polar surface area (TPSA) is 79.8 Å². The first-order chi connectivity index (χ1) is 12.3. The molecule has 0 radical (unpaired) electrons. The van der Waals surface area contributed by atoms with E-state index in [-0.39, 0.29) is 0 Å². The SMILES string of the molecule is COC1=CC(c2ccc[nH]2)=[NH+]/C1=C/c1[nH]c(-c2ccc[nH]2)cc1OC. The van der Waals surface area contributed by atoms with Crippen LogP contribution in [0.25, 0.3) is 17.5 Å². The van der Waals surface area contributed by atoms with E-state index in [1.54, 1.807) is 14.2 Å². The molecule has 0 bridgehead atoms. The quantitative estimate of drug-likeness (QED) is 0.574. The van der Waals surface area contributed by atoms with E-state index < -0.39 is 0 Å². The summed E-state index contributed by atoms with van der Waals surface area (Å²) >= 11 is 0. The van der Waals surface area contributed by atoms with Crippen molar-refractivity contribution in [3.8, 4) is 17.1 Å². The summed E-state index contributed by atoms with van der Waals surface area (Å²) in [5, 5.41) is 0. The smallest absolute Gasteiger partial charge is 0.248 e. The molecule has 25 heavy (non-hydrogen) atoms. The van der Waals surface area contributed by atoms with E-state index in [2.05, 4.69) is 19.9 Å². The van der Waals surface area contributed by atoms with E-state index in [4.69, 9.17) is 9.47 Å². The lowest BCUT2D eigenvalue weighted by molar-refractivity contribution is -0.388. The van der Waals surface area contributed by atoms with Crippen molar-refractivity contribution in [1.82, 2.24) is 15.0 Å². The van der Waals surface area contributed by atoms with Gasteiger partial charge in [-0.25, -0.2) is 4.99 Å². The molecule has 0 amide bonds. The van der Waals surface area contributed by atoms with Crippen LogP contribution in [0.2, 0.25) is 0 Å². The van der Waals surface area contributed by atoms with Gasteiger partial charge in [-0.2, -0.15) is 0 Å². The maximum Gasteiger partial charge on any atom is 0.248 e. The molecule has 1 aliphatic rings. The van der Waals surface area contributed by atoms with Crippen molar-refractivity contribution in [2.45, 2.75) is 0 Å². The van der Waals surface area contributed by atoms with Crippen molar-refractivity contribution in [2.24, 2.45) is 0 Å². The normalized spacial score (nSPS) is 15.4. The summed E-state index contributed by atoms with van der Waals surface area (Å²) < 4.78 is 11.0. The van der Waals surface area contributed by atoms with Crippen LogP contribution in [-0.4, -0.2) is 34.9 Å². The fourth-order valence-electron chi connectivity index (χ4n) is 2.89. The zero-order valence-corrected chi connectivity index (χ0v) is 14.0. The van der Waals surface area contributed by atoms with Crippen molar-refractivity contribution in [1.29, 1.82) is 0 Å². The van der Waals surface area contributed by atoms with Gasteiger partial charge in [-0.15, -0.1) is 0 Å². The van der Waals surface area contributed by atoms with E-state index in [1.807, 2.05) is 54.9 Å². The van der Waals surface area contributed by atoms with E-state index >= 15 is 0 Å². The standard InChI is InChI=1S/C19H18N4O2/c1-24-18-10-14(12-5-3-7-20-12)22-16(18)9-17-19(25-2)11-15(23-17)13-6-4-8-21-13/h3-11,20-22H,1-2H3/p+1/b17-9+. The number of allylic oxidation sites excluding steroid dienone is 1. The molecule has 0 fully saturated rings. The van der Waals surface area contributed by atoms with Gasteiger partial charge in [0, 0.05) is 24.5 Å². The van der Waals surface area contributed by atoms with Gasteiger partial charge in [0.2, 0.25) is 11.4 Å². The molecule has 3 aromatic heterocycles. The van der Waals surface area contributed by atoms with Crippen LogP contribution < -0.4 is 9.73 Å². The molecule has 0 saturated heterocycles. The zero-order chi connectivity index (χ0) is 17.2. The Balaban J connectivity index is 1.74. The Morgan fingerprint density at radius 3 is 2.36 bits per heavy atom. The second-order valence-electron chi connectivity index (χ2n) is 5.64. The molecule has 0 atom stereocenters. The highest BCUT2D eigenvalue weighted by Gasteiger charge is 2.25. The predicted molar refractivity (Wildman–Crippen MR) is 96.1 cm³/mol. The third-order valence-electron chi connectivity index (χ3n) is 4.13. The minimum absolute atomic E-state index is 0.766. The Morgan fingerprint density at radius 2 is 1.72 bits per heavy atom. The van der Waals surface area contributed by atoms with Gasteiger partial charge < -0.3 is 24.4 Å². The Bertz CT molecular complexity index is 957. The zero-order valence-electron chi connectivity index (χ0n) is 14.0. The van der Waals surface area contributed by atoms with E-state index in [1.165, 1.54) is 0 Å². The first-order valence-corrected chi connectivity index (χ1v) is 7.94. The highest BCUT2D eigenvalue weighted by molar-refractivity contribution is 6.05. The minimum Gasteiger partial charge on any atom is -0.494 e. The van der Waals surface area contributed by atoms with Gasteiger partial charge in [0.1, 0.15) is 11.4 Å². The molecule has 0 aromatic carbocycles. The fraction of sp³-hybridized carbons (Fsp3) is 0.105. The third kappa shape index (κ3) is 2.78. The molecule has 1 aliphatic heterocycles. The molecular weight excluding hydrogens is 316 g/mol. The number of hydrogen-bond acceptors (Lipinski definition) is 2. The van der Waals surface area contributed by atoms with E-state index in [9.17, 15) is 0 Å². The molecule has 4 N–H and O–H groups in total. The molecule has 4 heterocycles. The molecule has 0 unspecified atom stereocenters. The number of H-pyrrole nitrogens is 3. The lowest BCUT2D eigenvalue weighted by atomic mass is 10.2. The van der Waals surface area contributed by atoms with Crippen LogP contribution in [-0.2, 0) is 4.74 Å². The molecular formula is C19H19N4O2+. The van der Waals surface area contributed by atoms with Crippen LogP contribution in [0.15, 0.2) is 60.3 Å². The maximum atomic E-state index is 5.51. The number of hydrogen-bond donors (Lipinski definition) is 4. The van der Waals surface area contributed by atoms with Crippen molar-refractivity contribution in [3.05, 3.63) is 71.6 Å². The van der Waals surface area contributed by atoms with Crippen LogP contribution in [0.1, 0.15) is 11.4 Å². The molecule has 6 heteroatoms. The predicted octanol–water partition coefficient (Wildman–Crippen LogP) is 1.80. The molecule has 0 aliphatic carbocycles. The second-order valence-corrected chi connectivity index (χ2v) is 5.64. The molecule has 6 nitrogen and oxygen atoms in total. The van der Waals surface area contributed by atoms with Gasteiger partial charge in [0.15, 0.2) is 5.76 Å². The number of rotatable bonds is 5. The number of ether oxygens (including phenoxy) is 2. The summed E-state index contributed by atoms with van der Waals surface area (Å²) in [5.41, 5.74) is 5.66. The average molecular weight is 335 g/mol. The lowest BCUT2D eigenvalue weighted by Crippen LogP contribution is -2.68. The summed E-state index contributed by atoms with van der Waals surface area (Å²) in [4.78, 5) is 13.1. The summed E-state index contributed by atoms with van der Waals surface area (Å²) in [6, 6.07) is 9.91. The van der Waals surface area contributed by atoms with Crippen molar-refractivity contribution < 1.29 is 14.5 Å². The Morgan fingerprint density at radius 1 is 0.960 bits per heavy atom. The number of methoxy groups -OCH3 is 2. The van der Waals surface area contributed by atoms with E-state index in [0.717, 1.165) is 45.7 Å². The lowest BCUT2D eigenvalue weighted by Gasteiger charge is -1.98. The summed E-state index contributed by atoms with van der Waals surface area (Å²) in [5.74, 6) is 1.53.